The highest BCUT2D eigenvalue weighted by molar-refractivity contribution is 5.71. The minimum atomic E-state index is -4.54. The molecule has 7 nitrogen and oxygen atoms in total. The number of pyridine rings is 1. The Kier molecular flexibility index (Phi) is 4.88. The molecule has 0 saturated carbocycles. The van der Waals surface area contributed by atoms with Crippen molar-refractivity contribution in [1.29, 1.82) is 0 Å². The van der Waals surface area contributed by atoms with E-state index >= 15 is 0 Å². The second-order valence-corrected chi connectivity index (χ2v) is 4.74. The normalized spacial score (nSPS) is 11.2. The topological polar surface area (TPSA) is 121 Å². The van der Waals surface area contributed by atoms with Gasteiger partial charge in [-0.15, -0.1) is 0 Å². The molecule has 0 aliphatic rings. The van der Waals surface area contributed by atoms with Crippen LogP contribution in [0.2, 0.25) is 0 Å². The Morgan fingerprint density at radius 2 is 1.96 bits per heavy atom. The van der Waals surface area contributed by atoms with Crippen LogP contribution in [-0.2, 0) is 12.8 Å². The van der Waals surface area contributed by atoms with Gasteiger partial charge >= 0.3 is 6.18 Å². The maximum Gasteiger partial charge on any atom is 0.419 e. The number of hydrazine groups is 1. The van der Waals surface area contributed by atoms with E-state index in [9.17, 15) is 13.2 Å². The zero-order valence-electron chi connectivity index (χ0n) is 12.6. The number of ether oxygens (including phenoxy) is 2. The number of methoxy groups -OCH3 is 1. The Bertz CT molecular complexity index is 737. The third-order valence-corrected chi connectivity index (χ3v) is 3.17. The van der Waals surface area contributed by atoms with Crippen LogP contribution in [0.4, 0.5) is 30.5 Å². The number of anilines is 3. The number of para-hydroxylation sites is 1. The quantitative estimate of drug-likeness (QED) is 0.485. The summed E-state index contributed by atoms with van der Waals surface area (Å²) >= 11 is 0. The van der Waals surface area contributed by atoms with E-state index in [0.717, 1.165) is 13.2 Å². The fraction of sp³-hybridized carbons (Fsp3) is 0.214. The first kappa shape index (κ1) is 17.5. The Morgan fingerprint density at radius 3 is 2.54 bits per heavy atom. The van der Waals surface area contributed by atoms with Gasteiger partial charge in [-0.1, -0.05) is 12.1 Å². The molecule has 0 unspecified atom stereocenters. The zero-order chi connectivity index (χ0) is 17.9. The first-order valence-corrected chi connectivity index (χ1v) is 6.66. The summed E-state index contributed by atoms with van der Waals surface area (Å²) < 4.78 is 49.4. The van der Waals surface area contributed by atoms with Gasteiger partial charge in [0, 0.05) is 11.6 Å². The summed E-state index contributed by atoms with van der Waals surface area (Å²) in [6, 6.07) is 4.99. The predicted octanol–water partition coefficient (Wildman–Crippen LogP) is 2.14. The van der Waals surface area contributed by atoms with Crippen LogP contribution in [0.1, 0.15) is 11.1 Å². The average Bonchev–Trinajstić information content (AvgIpc) is 2.53. The number of nitrogens with zero attached hydrogens (tertiary/aromatic N) is 1. The smallest absolute Gasteiger partial charge is 0.419 e. The van der Waals surface area contributed by atoms with E-state index in [1.54, 1.807) is 0 Å². The van der Waals surface area contributed by atoms with E-state index in [2.05, 4.69) is 10.4 Å². The maximum absolute atomic E-state index is 13.0. The first-order valence-electron chi connectivity index (χ1n) is 6.66. The maximum atomic E-state index is 13.0. The predicted molar refractivity (Wildman–Crippen MR) is 83.2 cm³/mol. The highest BCUT2D eigenvalue weighted by atomic mass is 19.4. The largest absolute Gasteiger partial charge is 0.496 e. The standard InChI is InChI=1S/C14H16F3N5O2/c1-23-12-7(3-2-4-8(12)14(15,16)17)6-24-9-5-10(18)21-13(22-20)11(9)19/h2-5H,6,19-20H2,1H3,(H3,18,21,22). The summed E-state index contributed by atoms with van der Waals surface area (Å²) in [6.07, 6.45) is -4.54. The molecule has 0 atom stereocenters. The van der Waals surface area contributed by atoms with Crippen molar-refractivity contribution in [3.05, 3.63) is 35.4 Å². The van der Waals surface area contributed by atoms with Crippen molar-refractivity contribution in [2.75, 3.05) is 24.0 Å². The van der Waals surface area contributed by atoms with Gasteiger partial charge in [-0.3, -0.25) is 0 Å². The van der Waals surface area contributed by atoms with Crippen LogP contribution in [0.15, 0.2) is 24.3 Å². The summed E-state index contributed by atoms with van der Waals surface area (Å²) in [5.74, 6) is 5.26. The van der Waals surface area contributed by atoms with Crippen molar-refractivity contribution in [3.63, 3.8) is 0 Å². The van der Waals surface area contributed by atoms with E-state index in [1.165, 1.54) is 18.2 Å². The van der Waals surface area contributed by atoms with Crippen LogP contribution in [0.5, 0.6) is 11.5 Å². The number of rotatable bonds is 5. The van der Waals surface area contributed by atoms with Crippen molar-refractivity contribution >= 4 is 17.3 Å². The molecule has 0 aliphatic carbocycles. The molecule has 0 spiro atoms. The van der Waals surface area contributed by atoms with Gasteiger partial charge in [0.05, 0.1) is 12.7 Å². The molecule has 0 amide bonds. The van der Waals surface area contributed by atoms with Crippen LogP contribution in [-0.4, -0.2) is 12.1 Å². The van der Waals surface area contributed by atoms with Gasteiger partial charge in [0.1, 0.15) is 29.6 Å². The molecule has 1 aromatic carbocycles. The molecular weight excluding hydrogens is 327 g/mol. The number of nitrogens with two attached hydrogens (primary N) is 3. The minimum absolute atomic E-state index is 0.0812. The molecule has 0 bridgehead atoms. The Labute approximate surface area is 135 Å². The molecule has 2 aromatic rings. The van der Waals surface area contributed by atoms with E-state index in [-0.39, 0.29) is 41.0 Å². The third kappa shape index (κ3) is 3.54. The van der Waals surface area contributed by atoms with Gasteiger partial charge in [-0.05, 0) is 6.07 Å². The average molecular weight is 343 g/mol. The zero-order valence-corrected chi connectivity index (χ0v) is 12.6. The van der Waals surface area contributed by atoms with E-state index in [1.807, 2.05) is 0 Å². The molecule has 0 fully saturated rings. The lowest BCUT2D eigenvalue weighted by Gasteiger charge is -2.17. The molecule has 1 aromatic heterocycles. The van der Waals surface area contributed by atoms with E-state index in [0.29, 0.717) is 0 Å². The number of halogens is 3. The summed E-state index contributed by atoms with van der Waals surface area (Å²) in [4.78, 5) is 3.85. The second kappa shape index (κ2) is 6.71. The third-order valence-electron chi connectivity index (χ3n) is 3.17. The molecule has 10 heteroatoms. The number of nitrogen functional groups attached to an aromatic ring is 3. The minimum Gasteiger partial charge on any atom is -0.496 e. The Balaban J connectivity index is 2.32. The molecule has 130 valence electrons. The SMILES string of the molecule is COc1c(COc2cc(N)nc(NN)c2N)cccc1C(F)(F)F. The van der Waals surface area contributed by atoms with Gasteiger partial charge in [0.2, 0.25) is 0 Å². The summed E-state index contributed by atoms with van der Waals surface area (Å²) in [6.45, 7) is -0.218. The van der Waals surface area contributed by atoms with Gasteiger partial charge < -0.3 is 26.4 Å². The van der Waals surface area contributed by atoms with Gasteiger partial charge in [-0.2, -0.15) is 13.2 Å². The highest BCUT2D eigenvalue weighted by Crippen LogP contribution is 2.38. The van der Waals surface area contributed by atoms with Crippen LogP contribution in [0.3, 0.4) is 0 Å². The van der Waals surface area contributed by atoms with Gasteiger partial charge in [0.25, 0.3) is 0 Å². The molecule has 2 rings (SSSR count). The second-order valence-electron chi connectivity index (χ2n) is 4.74. The molecular formula is C14H16F3N5O2. The number of aromatic nitrogens is 1. The number of alkyl halides is 3. The lowest BCUT2D eigenvalue weighted by Crippen LogP contribution is -2.13. The summed E-state index contributed by atoms with van der Waals surface area (Å²) in [5.41, 5.74) is 13.0. The van der Waals surface area contributed by atoms with Crippen LogP contribution in [0, 0.1) is 0 Å². The van der Waals surface area contributed by atoms with Crippen molar-refractivity contribution in [1.82, 2.24) is 4.98 Å². The van der Waals surface area contributed by atoms with Gasteiger partial charge in [-0.25, -0.2) is 10.8 Å². The Morgan fingerprint density at radius 1 is 1.25 bits per heavy atom. The summed E-state index contributed by atoms with van der Waals surface area (Å²) in [5, 5.41) is 0. The number of hydrogen-bond acceptors (Lipinski definition) is 7. The fourth-order valence-corrected chi connectivity index (χ4v) is 2.10. The van der Waals surface area contributed by atoms with Crippen molar-refractivity contribution in [2.45, 2.75) is 12.8 Å². The van der Waals surface area contributed by atoms with Crippen LogP contribution >= 0.6 is 0 Å². The number of benzene rings is 1. The number of hydrogen-bond donors (Lipinski definition) is 4. The van der Waals surface area contributed by atoms with E-state index < -0.39 is 11.7 Å². The Hall–Kier alpha value is -2.88. The van der Waals surface area contributed by atoms with Gasteiger partial charge in [0.15, 0.2) is 5.82 Å². The lowest BCUT2D eigenvalue weighted by molar-refractivity contribution is -0.138. The van der Waals surface area contributed by atoms with Crippen molar-refractivity contribution in [3.8, 4) is 11.5 Å². The molecule has 0 radical (unpaired) electrons. The molecule has 1 heterocycles. The first-order chi connectivity index (χ1) is 11.3. The van der Waals surface area contributed by atoms with Crippen LogP contribution in [0.25, 0.3) is 0 Å². The fourth-order valence-electron chi connectivity index (χ4n) is 2.10. The molecule has 0 saturated heterocycles. The monoisotopic (exact) mass is 343 g/mol. The van der Waals surface area contributed by atoms with Crippen molar-refractivity contribution in [2.24, 2.45) is 5.84 Å². The van der Waals surface area contributed by atoms with E-state index in [4.69, 9.17) is 26.8 Å². The highest BCUT2D eigenvalue weighted by Gasteiger charge is 2.35. The lowest BCUT2D eigenvalue weighted by atomic mass is 10.1. The van der Waals surface area contributed by atoms with Crippen molar-refractivity contribution < 1.29 is 22.6 Å². The molecule has 0 aliphatic heterocycles. The molecule has 7 N–H and O–H groups in total. The number of nitrogens with one attached hydrogen (secondary N) is 1. The van der Waals surface area contributed by atoms with Crippen LogP contribution < -0.4 is 32.2 Å². The molecule has 24 heavy (non-hydrogen) atoms. The summed E-state index contributed by atoms with van der Waals surface area (Å²) in [7, 11) is 1.16.